The van der Waals surface area contributed by atoms with E-state index in [9.17, 15) is 4.79 Å². The van der Waals surface area contributed by atoms with Gasteiger partial charge >= 0.3 is 5.97 Å². The highest BCUT2D eigenvalue weighted by molar-refractivity contribution is 6.12. The molecule has 0 amide bonds. The number of ether oxygens (including phenoxy) is 1. The Hall–Kier alpha value is -3.53. The summed E-state index contributed by atoms with van der Waals surface area (Å²) in [6.45, 7) is 0. The van der Waals surface area contributed by atoms with Gasteiger partial charge < -0.3 is 4.74 Å². The molecule has 2 heterocycles. The van der Waals surface area contributed by atoms with E-state index in [2.05, 4.69) is 22.1 Å². The van der Waals surface area contributed by atoms with Gasteiger partial charge in [0.15, 0.2) is 5.70 Å². The van der Waals surface area contributed by atoms with Gasteiger partial charge in [0.1, 0.15) is 0 Å². The molecule has 25 heavy (non-hydrogen) atoms. The van der Waals surface area contributed by atoms with Gasteiger partial charge in [0, 0.05) is 11.8 Å². The van der Waals surface area contributed by atoms with Gasteiger partial charge in [0.05, 0.1) is 5.69 Å². The molecule has 0 spiro atoms. The second-order valence-corrected chi connectivity index (χ2v) is 5.53. The summed E-state index contributed by atoms with van der Waals surface area (Å²) in [7, 11) is 0. The standard InChI is InChI=1S/C21H14N2O2/c24-21-19(14-18-8-4-5-13-22-18)23-20(25-21)17-11-9-16(10-12-17)15-6-2-1-3-7-15/h1-14H/b19-14-. The first-order chi connectivity index (χ1) is 12.3. The van der Waals surface area contributed by atoms with Crippen molar-refractivity contribution in [2.45, 2.75) is 0 Å². The molecular formula is C21H14N2O2. The van der Waals surface area contributed by atoms with Crippen molar-refractivity contribution >= 4 is 17.9 Å². The van der Waals surface area contributed by atoms with Crippen LogP contribution in [0, 0.1) is 0 Å². The van der Waals surface area contributed by atoms with Crippen molar-refractivity contribution in [3.05, 3.63) is 95.9 Å². The minimum Gasteiger partial charge on any atom is -0.402 e. The number of carbonyl (C=O) groups excluding carboxylic acids is 1. The minimum atomic E-state index is -0.465. The van der Waals surface area contributed by atoms with Crippen LogP contribution < -0.4 is 0 Å². The zero-order chi connectivity index (χ0) is 17.1. The lowest BCUT2D eigenvalue weighted by Gasteiger charge is -2.03. The van der Waals surface area contributed by atoms with Gasteiger partial charge in [-0.05, 0) is 41.5 Å². The number of benzene rings is 2. The molecule has 3 aromatic rings. The van der Waals surface area contributed by atoms with Crippen molar-refractivity contribution in [1.29, 1.82) is 0 Å². The number of nitrogens with zero attached hydrogens (tertiary/aromatic N) is 2. The molecule has 0 radical (unpaired) electrons. The topological polar surface area (TPSA) is 51.5 Å². The normalized spacial score (nSPS) is 15.1. The molecule has 0 N–H and O–H groups in total. The van der Waals surface area contributed by atoms with Gasteiger partial charge in [-0.25, -0.2) is 9.79 Å². The van der Waals surface area contributed by atoms with Crippen molar-refractivity contribution in [2.75, 3.05) is 0 Å². The summed E-state index contributed by atoms with van der Waals surface area (Å²) in [5.41, 5.74) is 3.91. The van der Waals surface area contributed by atoms with Gasteiger partial charge in [0.25, 0.3) is 0 Å². The van der Waals surface area contributed by atoms with Crippen molar-refractivity contribution in [3.63, 3.8) is 0 Å². The molecule has 0 atom stereocenters. The van der Waals surface area contributed by atoms with E-state index in [-0.39, 0.29) is 5.70 Å². The summed E-state index contributed by atoms with van der Waals surface area (Å²) in [5, 5.41) is 0. The predicted octanol–water partition coefficient (Wildman–Crippen LogP) is 4.09. The molecule has 120 valence electrons. The Bertz CT molecular complexity index is 960. The minimum absolute atomic E-state index is 0.251. The quantitative estimate of drug-likeness (QED) is 0.538. The Morgan fingerprint density at radius 2 is 1.44 bits per heavy atom. The van der Waals surface area contributed by atoms with Crippen molar-refractivity contribution in [2.24, 2.45) is 4.99 Å². The summed E-state index contributed by atoms with van der Waals surface area (Å²) < 4.78 is 5.29. The van der Waals surface area contributed by atoms with Crippen molar-refractivity contribution in [1.82, 2.24) is 4.98 Å². The Kier molecular flexibility index (Phi) is 3.92. The molecule has 0 bridgehead atoms. The number of hydrogen-bond donors (Lipinski definition) is 0. The molecule has 1 aliphatic rings. The molecule has 1 aromatic heterocycles. The zero-order valence-corrected chi connectivity index (χ0v) is 13.3. The van der Waals surface area contributed by atoms with E-state index < -0.39 is 5.97 Å². The molecule has 0 fully saturated rings. The summed E-state index contributed by atoms with van der Waals surface area (Å²) in [6, 6.07) is 23.3. The number of pyridine rings is 1. The number of esters is 1. The third-order valence-electron chi connectivity index (χ3n) is 3.83. The van der Waals surface area contributed by atoms with E-state index in [0.29, 0.717) is 11.6 Å². The number of aromatic nitrogens is 1. The predicted molar refractivity (Wildman–Crippen MR) is 96.7 cm³/mol. The molecule has 4 heteroatoms. The fourth-order valence-electron chi connectivity index (χ4n) is 2.57. The largest absolute Gasteiger partial charge is 0.402 e. The monoisotopic (exact) mass is 326 g/mol. The summed E-state index contributed by atoms with van der Waals surface area (Å²) >= 11 is 0. The first-order valence-electron chi connectivity index (χ1n) is 7.89. The van der Waals surface area contributed by atoms with Crippen LogP contribution in [0.5, 0.6) is 0 Å². The van der Waals surface area contributed by atoms with E-state index in [1.165, 1.54) is 0 Å². The van der Waals surface area contributed by atoms with Gasteiger partial charge in [-0.3, -0.25) is 4.98 Å². The second kappa shape index (κ2) is 6.53. The average molecular weight is 326 g/mol. The third-order valence-corrected chi connectivity index (χ3v) is 3.83. The highest BCUT2D eigenvalue weighted by Crippen LogP contribution is 2.22. The Morgan fingerprint density at radius 3 is 2.16 bits per heavy atom. The van der Waals surface area contributed by atoms with Gasteiger partial charge in [-0.2, -0.15) is 0 Å². The van der Waals surface area contributed by atoms with Crippen LogP contribution in [0.15, 0.2) is 89.7 Å². The lowest BCUT2D eigenvalue weighted by Crippen LogP contribution is -2.05. The SMILES string of the molecule is O=C1OC(c2ccc(-c3ccccc3)cc2)=N/C1=C\c1ccccn1. The molecular weight excluding hydrogens is 312 g/mol. The van der Waals surface area contributed by atoms with E-state index >= 15 is 0 Å². The number of cyclic esters (lactones) is 1. The van der Waals surface area contributed by atoms with Crippen LogP contribution >= 0.6 is 0 Å². The average Bonchev–Trinajstić information content (AvgIpc) is 3.04. The summed E-state index contributed by atoms with van der Waals surface area (Å²) in [6.07, 6.45) is 3.29. The molecule has 2 aromatic carbocycles. The maximum absolute atomic E-state index is 12.0. The summed E-state index contributed by atoms with van der Waals surface area (Å²) in [5.74, 6) is -0.153. The molecule has 0 saturated carbocycles. The van der Waals surface area contributed by atoms with Gasteiger partial charge in [-0.1, -0.05) is 48.5 Å². The van der Waals surface area contributed by atoms with Crippen molar-refractivity contribution in [3.8, 4) is 11.1 Å². The molecule has 4 rings (SSSR count). The Labute approximate surface area is 145 Å². The van der Waals surface area contributed by atoms with Crippen LogP contribution in [-0.4, -0.2) is 16.9 Å². The second-order valence-electron chi connectivity index (χ2n) is 5.53. The number of aliphatic imine (C=N–C) groups is 1. The van der Waals surface area contributed by atoms with Crippen LogP contribution in [0.4, 0.5) is 0 Å². The van der Waals surface area contributed by atoms with E-state index in [0.717, 1.165) is 16.7 Å². The van der Waals surface area contributed by atoms with Crippen LogP contribution in [0.2, 0.25) is 0 Å². The Balaban J connectivity index is 1.61. The van der Waals surface area contributed by atoms with E-state index in [1.807, 2.05) is 60.7 Å². The highest BCUT2D eigenvalue weighted by Gasteiger charge is 2.24. The maximum Gasteiger partial charge on any atom is 0.363 e. The first kappa shape index (κ1) is 15.0. The van der Waals surface area contributed by atoms with Gasteiger partial charge in [0.2, 0.25) is 5.90 Å². The molecule has 0 aliphatic carbocycles. The van der Waals surface area contributed by atoms with Crippen LogP contribution in [0.3, 0.4) is 0 Å². The lowest BCUT2D eigenvalue weighted by molar-refractivity contribution is -0.129. The first-order valence-corrected chi connectivity index (χ1v) is 7.89. The molecule has 4 nitrogen and oxygen atoms in total. The maximum atomic E-state index is 12.0. The fourth-order valence-corrected chi connectivity index (χ4v) is 2.57. The number of hydrogen-bond acceptors (Lipinski definition) is 4. The summed E-state index contributed by atoms with van der Waals surface area (Å²) in [4.78, 5) is 20.5. The molecule has 0 saturated heterocycles. The zero-order valence-electron chi connectivity index (χ0n) is 13.3. The fraction of sp³-hybridized carbons (Fsp3) is 0. The van der Waals surface area contributed by atoms with Crippen LogP contribution in [0.1, 0.15) is 11.3 Å². The molecule has 0 unspecified atom stereocenters. The smallest absolute Gasteiger partial charge is 0.363 e. The molecule has 1 aliphatic heterocycles. The third kappa shape index (κ3) is 3.23. The highest BCUT2D eigenvalue weighted by atomic mass is 16.6. The lowest BCUT2D eigenvalue weighted by atomic mass is 10.0. The van der Waals surface area contributed by atoms with E-state index in [1.54, 1.807) is 12.3 Å². The van der Waals surface area contributed by atoms with Crippen LogP contribution in [-0.2, 0) is 9.53 Å². The number of carbonyl (C=O) groups is 1. The van der Waals surface area contributed by atoms with E-state index in [4.69, 9.17) is 4.74 Å². The van der Waals surface area contributed by atoms with Crippen LogP contribution in [0.25, 0.3) is 17.2 Å². The number of rotatable bonds is 3. The van der Waals surface area contributed by atoms with Crippen molar-refractivity contribution < 1.29 is 9.53 Å². The Morgan fingerprint density at radius 1 is 0.760 bits per heavy atom. The van der Waals surface area contributed by atoms with Gasteiger partial charge in [-0.15, -0.1) is 0 Å².